The molecule has 6 heteroatoms. The second kappa shape index (κ2) is 7.75. The van der Waals surface area contributed by atoms with Crippen molar-refractivity contribution in [3.8, 4) is 5.75 Å². The van der Waals surface area contributed by atoms with Gasteiger partial charge < -0.3 is 15.8 Å². The first-order valence-electron chi connectivity index (χ1n) is 6.91. The molecule has 112 valence electrons. The molecular weight excluding hydrogens is 286 g/mol. The minimum Gasteiger partial charge on any atom is -0.494 e. The first-order valence-corrected chi connectivity index (χ1v) is 7.79. The number of hydrogen-bond donors (Lipinski definition) is 2. The highest BCUT2D eigenvalue weighted by atomic mass is 32.1. The fourth-order valence-electron chi connectivity index (χ4n) is 1.70. The highest BCUT2D eigenvalue weighted by Gasteiger charge is 2.10. The summed E-state index contributed by atoms with van der Waals surface area (Å²) >= 11 is 1.38. The zero-order chi connectivity index (χ0) is 15.1. The lowest BCUT2D eigenvalue weighted by molar-refractivity contribution is 0.102. The SMILES string of the molecule is CCCCOc1cccc(NC(=O)c2csc(CN)n2)c1. The normalized spacial score (nSPS) is 10.4. The number of nitrogens with two attached hydrogens (primary N) is 1. The van der Waals surface area contributed by atoms with E-state index in [1.165, 1.54) is 11.3 Å². The Bertz CT molecular complexity index is 598. The standard InChI is InChI=1S/C15H19N3O2S/c1-2-3-7-20-12-6-4-5-11(8-12)17-15(19)13-10-21-14(9-16)18-13/h4-6,8,10H,2-3,7,9,16H2,1H3,(H,17,19). The van der Waals surface area contributed by atoms with Gasteiger partial charge in [-0.3, -0.25) is 4.79 Å². The van der Waals surface area contributed by atoms with Crippen molar-refractivity contribution in [2.24, 2.45) is 5.73 Å². The third kappa shape index (κ3) is 4.54. The van der Waals surface area contributed by atoms with E-state index < -0.39 is 0 Å². The number of hydrogen-bond acceptors (Lipinski definition) is 5. The molecule has 2 rings (SSSR count). The van der Waals surface area contributed by atoms with E-state index in [1.54, 1.807) is 5.38 Å². The molecule has 0 aliphatic carbocycles. The van der Waals surface area contributed by atoms with Gasteiger partial charge in [0.2, 0.25) is 0 Å². The summed E-state index contributed by atoms with van der Waals surface area (Å²) in [5.74, 6) is 0.513. The highest BCUT2D eigenvalue weighted by Crippen LogP contribution is 2.19. The minimum atomic E-state index is -0.239. The van der Waals surface area contributed by atoms with Gasteiger partial charge in [0.05, 0.1) is 6.61 Å². The largest absolute Gasteiger partial charge is 0.494 e. The number of amides is 1. The van der Waals surface area contributed by atoms with Crippen LogP contribution in [0.4, 0.5) is 5.69 Å². The Labute approximate surface area is 128 Å². The molecule has 0 unspecified atom stereocenters. The van der Waals surface area contributed by atoms with E-state index in [0.717, 1.165) is 23.6 Å². The van der Waals surface area contributed by atoms with Gasteiger partial charge in [-0.1, -0.05) is 19.4 Å². The number of nitrogens with zero attached hydrogens (tertiary/aromatic N) is 1. The van der Waals surface area contributed by atoms with Gasteiger partial charge in [-0.2, -0.15) is 0 Å². The first kappa shape index (κ1) is 15.5. The summed E-state index contributed by atoms with van der Waals surface area (Å²) in [6.07, 6.45) is 2.10. The van der Waals surface area contributed by atoms with Gasteiger partial charge in [-0.15, -0.1) is 11.3 Å². The summed E-state index contributed by atoms with van der Waals surface area (Å²) in [5.41, 5.74) is 6.57. The molecule has 1 aromatic heterocycles. The van der Waals surface area contributed by atoms with Crippen LogP contribution >= 0.6 is 11.3 Å². The maximum atomic E-state index is 12.1. The number of unbranched alkanes of at least 4 members (excludes halogenated alkanes) is 1. The van der Waals surface area contributed by atoms with E-state index in [4.69, 9.17) is 10.5 Å². The number of thiazole rings is 1. The predicted molar refractivity (Wildman–Crippen MR) is 84.8 cm³/mol. The first-order chi connectivity index (χ1) is 10.2. The van der Waals surface area contributed by atoms with Gasteiger partial charge in [0.25, 0.3) is 5.91 Å². The Balaban J connectivity index is 1.98. The Kier molecular flexibility index (Phi) is 5.71. The predicted octanol–water partition coefficient (Wildman–Crippen LogP) is 3.03. The number of anilines is 1. The molecule has 0 fully saturated rings. The second-order valence-corrected chi connectivity index (χ2v) is 5.46. The molecule has 0 saturated carbocycles. The number of carbonyl (C=O) groups excluding carboxylic acids is 1. The number of aromatic nitrogens is 1. The number of carbonyl (C=O) groups is 1. The molecule has 2 aromatic rings. The van der Waals surface area contributed by atoms with Crippen molar-refractivity contribution in [2.75, 3.05) is 11.9 Å². The smallest absolute Gasteiger partial charge is 0.275 e. The molecule has 0 atom stereocenters. The molecule has 3 N–H and O–H groups in total. The van der Waals surface area contributed by atoms with E-state index in [1.807, 2.05) is 24.3 Å². The van der Waals surface area contributed by atoms with Crippen LogP contribution in [0.5, 0.6) is 5.75 Å². The van der Waals surface area contributed by atoms with Crippen LogP contribution in [0.2, 0.25) is 0 Å². The van der Waals surface area contributed by atoms with Crippen LogP contribution in [0.1, 0.15) is 35.3 Å². The Morgan fingerprint density at radius 1 is 1.48 bits per heavy atom. The Morgan fingerprint density at radius 2 is 2.33 bits per heavy atom. The average molecular weight is 305 g/mol. The summed E-state index contributed by atoms with van der Waals surface area (Å²) in [5, 5.41) is 5.27. The summed E-state index contributed by atoms with van der Waals surface area (Å²) in [7, 11) is 0. The topological polar surface area (TPSA) is 77.2 Å². The lowest BCUT2D eigenvalue weighted by Gasteiger charge is -2.08. The van der Waals surface area contributed by atoms with Crippen molar-refractivity contribution in [1.29, 1.82) is 0 Å². The van der Waals surface area contributed by atoms with Gasteiger partial charge in [0, 0.05) is 23.7 Å². The van der Waals surface area contributed by atoms with Gasteiger partial charge in [-0.25, -0.2) is 4.98 Å². The van der Waals surface area contributed by atoms with Crippen molar-refractivity contribution < 1.29 is 9.53 Å². The zero-order valence-electron chi connectivity index (χ0n) is 12.0. The van der Waals surface area contributed by atoms with Gasteiger partial charge in [0.1, 0.15) is 16.5 Å². The maximum absolute atomic E-state index is 12.1. The van der Waals surface area contributed by atoms with Crippen molar-refractivity contribution >= 4 is 22.9 Å². The van der Waals surface area contributed by atoms with Crippen molar-refractivity contribution in [3.05, 3.63) is 40.3 Å². The van der Waals surface area contributed by atoms with E-state index in [0.29, 0.717) is 24.5 Å². The van der Waals surface area contributed by atoms with Crippen LogP contribution in [-0.4, -0.2) is 17.5 Å². The zero-order valence-corrected chi connectivity index (χ0v) is 12.8. The highest BCUT2D eigenvalue weighted by molar-refractivity contribution is 7.09. The number of benzene rings is 1. The number of nitrogens with one attached hydrogen (secondary N) is 1. The molecule has 5 nitrogen and oxygen atoms in total. The van der Waals surface area contributed by atoms with E-state index in [9.17, 15) is 4.79 Å². The Morgan fingerprint density at radius 3 is 3.05 bits per heavy atom. The molecule has 0 spiro atoms. The second-order valence-electron chi connectivity index (χ2n) is 4.51. The molecule has 1 amide bonds. The van der Waals surface area contributed by atoms with Crippen LogP contribution < -0.4 is 15.8 Å². The molecule has 0 radical (unpaired) electrons. The monoisotopic (exact) mass is 305 g/mol. The third-order valence-corrected chi connectivity index (χ3v) is 3.69. The van der Waals surface area contributed by atoms with Gasteiger partial charge in [-0.05, 0) is 18.6 Å². The molecule has 0 bridgehead atoms. The van der Waals surface area contributed by atoms with Crippen LogP contribution in [0, 0.1) is 0 Å². The molecule has 21 heavy (non-hydrogen) atoms. The van der Waals surface area contributed by atoms with E-state index in [-0.39, 0.29) is 5.91 Å². The van der Waals surface area contributed by atoms with Crippen LogP contribution in [0.15, 0.2) is 29.6 Å². The summed E-state index contributed by atoms with van der Waals surface area (Å²) in [6, 6.07) is 7.36. The third-order valence-electron chi connectivity index (χ3n) is 2.82. The molecular formula is C15H19N3O2S. The summed E-state index contributed by atoms with van der Waals surface area (Å²) in [6.45, 7) is 3.14. The fraction of sp³-hybridized carbons (Fsp3) is 0.333. The minimum absolute atomic E-state index is 0.239. The number of rotatable bonds is 7. The lowest BCUT2D eigenvalue weighted by Crippen LogP contribution is -2.12. The van der Waals surface area contributed by atoms with Crippen LogP contribution in [-0.2, 0) is 6.54 Å². The summed E-state index contributed by atoms with van der Waals surface area (Å²) in [4.78, 5) is 16.2. The molecule has 0 aliphatic rings. The van der Waals surface area contributed by atoms with E-state index in [2.05, 4.69) is 17.2 Å². The van der Waals surface area contributed by atoms with Gasteiger partial charge in [0.15, 0.2) is 0 Å². The molecule has 1 heterocycles. The van der Waals surface area contributed by atoms with E-state index >= 15 is 0 Å². The Hall–Kier alpha value is -1.92. The molecule has 0 aliphatic heterocycles. The van der Waals surface area contributed by atoms with Crippen molar-refractivity contribution in [3.63, 3.8) is 0 Å². The average Bonchev–Trinajstić information content (AvgIpc) is 2.97. The maximum Gasteiger partial charge on any atom is 0.275 e. The molecule has 0 saturated heterocycles. The number of ether oxygens (including phenoxy) is 1. The summed E-state index contributed by atoms with van der Waals surface area (Å²) < 4.78 is 5.61. The quantitative estimate of drug-likeness (QED) is 0.771. The van der Waals surface area contributed by atoms with Crippen LogP contribution in [0.3, 0.4) is 0 Å². The lowest BCUT2D eigenvalue weighted by atomic mass is 10.3. The van der Waals surface area contributed by atoms with Crippen molar-refractivity contribution in [1.82, 2.24) is 4.98 Å². The van der Waals surface area contributed by atoms with Crippen LogP contribution in [0.25, 0.3) is 0 Å². The fourth-order valence-corrected chi connectivity index (χ4v) is 2.36. The molecule has 1 aromatic carbocycles. The van der Waals surface area contributed by atoms with Gasteiger partial charge >= 0.3 is 0 Å². The van der Waals surface area contributed by atoms with Crippen molar-refractivity contribution in [2.45, 2.75) is 26.3 Å².